The number of carbonyl (C=O) groups excluding carboxylic acids is 1. The van der Waals surface area contributed by atoms with Crippen LogP contribution in [-0.4, -0.2) is 55.5 Å². The van der Waals surface area contributed by atoms with Crippen LogP contribution in [-0.2, 0) is 14.8 Å². The lowest BCUT2D eigenvalue weighted by atomic mass is 10.2. The van der Waals surface area contributed by atoms with Crippen molar-refractivity contribution in [3.05, 3.63) is 70.6 Å². The topological polar surface area (TPSA) is 57.7 Å². The summed E-state index contributed by atoms with van der Waals surface area (Å²) in [6, 6.07) is 15.5. The molecule has 29 heavy (non-hydrogen) atoms. The van der Waals surface area contributed by atoms with Gasteiger partial charge < -0.3 is 4.90 Å². The Labute approximate surface area is 177 Å². The molecule has 0 bridgehead atoms. The molecule has 7 heteroatoms. The minimum absolute atomic E-state index is 0.0480. The van der Waals surface area contributed by atoms with E-state index in [9.17, 15) is 13.2 Å². The summed E-state index contributed by atoms with van der Waals surface area (Å²) in [6.45, 7) is 5.58. The van der Waals surface area contributed by atoms with E-state index >= 15 is 0 Å². The SMILES string of the molecule is Cc1ccc(SCC(=O)N2CCN(S(=O)(=O)/C=C/c3ccccc3)CC2)c(C)c1. The molecular weight excluding hydrogens is 404 g/mol. The summed E-state index contributed by atoms with van der Waals surface area (Å²) in [5, 5.41) is 1.25. The van der Waals surface area contributed by atoms with Crippen molar-refractivity contribution < 1.29 is 13.2 Å². The third kappa shape index (κ3) is 5.95. The van der Waals surface area contributed by atoms with Crippen LogP contribution in [0.3, 0.4) is 0 Å². The number of piperazine rings is 1. The molecule has 0 unspecified atom stereocenters. The Hall–Kier alpha value is -2.09. The normalized spacial score (nSPS) is 15.7. The molecular formula is C22H26N2O3S2. The van der Waals surface area contributed by atoms with Gasteiger partial charge in [0.05, 0.1) is 5.75 Å². The van der Waals surface area contributed by atoms with E-state index in [0.29, 0.717) is 31.9 Å². The van der Waals surface area contributed by atoms with Gasteiger partial charge in [0.25, 0.3) is 0 Å². The number of amides is 1. The van der Waals surface area contributed by atoms with Gasteiger partial charge in [0.1, 0.15) is 0 Å². The van der Waals surface area contributed by atoms with E-state index in [1.807, 2.05) is 49.4 Å². The molecule has 1 heterocycles. The number of nitrogens with zero attached hydrogens (tertiary/aromatic N) is 2. The zero-order valence-electron chi connectivity index (χ0n) is 16.7. The molecule has 5 nitrogen and oxygen atoms in total. The summed E-state index contributed by atoms with van der Waals surface area (Å²) >= 11 is 1.54. The van der Waals surface area contributed by atoms with E-state index in [1.165, 1.54) is 32.6 Å². The molecule has 0 aromatic heterocycles. The molecule has 1 aliphatic heterocycles. The highest BCUT2D eigenvalue weighted by molar-refractivity contribution is 8.00. The lowest BCUT2D eigenvalue weighted by Gasteiger charge is -2.33. The number of carbonyl (C=O) groups is 1. The molecule has 1 fully saturated rings. The van der Waals surface area contributed by atoms with Crippen LogP contribution in [0.15, 0.2) is 58.8 Å². The van der Waals surface area contributed by atoms with Gasteiger partial charge in [-0.2, -0.15) is 4.31 Å². The lowest BCUT2D eigenvalue weighted by molar-refractivity contribution is -0.129. The number of benzene rings is 2. The molecule has 1 saturated heterocycles. The summed E-state index contributed by atoms with van der Waals surface area (Å²) in [5.74, 6) is 0.414. The van der Waals surface area contributed by atoms with E-state index in [0.717, 1.165) is 10.5 Å². The first kappa shape index (κ1) is 21.6. The highest BCUT2D eigenvalue weighted by Crippen LogP contribution is 2.24. The Balaban J connectivity index is 1.51. The number of rotatable bonds is 6. The molecule has 2 aromatic carbocycles. The number of hydrogen-bond donors (Lipinski definition) is 0. The van der Waals surface area contributed by atoms with Gasteiger partial charge in [-0.05, 0) is 37.1 Å². The fourth-order valence-corrected chi connectivity index (χ4v) is 5.28. The Morgan fingerprint density at radius 3 is 2.38 bits per heavy atom. The van der Waals surface area contributed by atoms with Crippen molar-refractivity contribution in [1.29, 1.82) is 0 Å². The molecule has 0 atom stereocenters. The predicted octanol–water partition coefficient (Wildman–Crippen LogP) is 3.54. The van der Waals surface area contributed by atoms with Gasteiger partial charge in [-0.25, -0.2) is 8.42 Å². The predicted molar refractivity (Wildman–Crippen MR) is 119 cm³/mol. The Kier molecular flexibility index (Phi) is 7.16. The third-order valence-electron chi connectivity index (χ3n) is 4.86. The Morgan fingerprint density at radius 2 is 1.72 bits per heavy atom. The molecule has 0 spiro atoms. The van der Waals surface area contributed by atoms with Gasteiger partial charge in [0.15, 0.2) is 0 Å². The molecule has 1 aliphatic rings. The molecule has 3 rings (SSSR count). The minimum Gasteiger partial charge on any atom is -0.339 e. The first-order valence-corrected chi connectivity index (χ1v) is 12.1. The highest BCUT2D eigenvalue weighted by Gasteiger charge is 2.27. The maximum Gasteiger partial charge on any atom is 0.236 e. The van der Waals surface area contributed by atoms with Gasteiger partial charge in [-0.3, -0.25) is 4.79 Å². The van der Waals surface area contributed by atoms with Gasteiger partial charge in [0.2, 0.25) is 15.9 Å². The summed E-state index contributed by atoms with van der Waals surface area (Å²) in [6.07, 6.45) is 1.60. The third-order valence-corrected chi connectivity index (χ3v) is 7.59. The van der Waals surface area contributed by atoms with Crippen LogP contribution in [0.2, 0.25) is 0 Å². The van der Waals surface area contributed by atoms with E-state index in [-0.39, 0.29) is 5.91 Å². The van der Waals surface area contributed by atoms with Crippen molar-refractivity contribution >= 4 is 33.8 Å². The summed E-state index contributed by atoms with van der Waals surface area (Å²) in [5.41, 5.74) is 3.22. The van der Waals surface area contributed by atoms with Gasteiger partial charge in [-0.15, -0.1) is 11.8 Å². The lowest BCUT2D eigenvalue weighted by Crippen LogP contribution is -2.50. The maximum absolute atomic E-state index is 12.5. The fraction of sp³-hybridized carbons (Fsp3) is 0.318. The smallest absolute Gasteiger partial charge is 0.236 e. The Morgan fingerprint density at radius 1 is 1.03 bits per heavy atom. The van der Waals surface area contributed by atoms with Crippen LogP contribution >= 0.6 is 11.8 Å². The van der Waals surface area contributed by atoms with Crippen LogP contribution in [0.5, 0.6) is 0 Å². The van der Waals surface area contributed by atoms with Crippen LogP contribution in [0, 0.1) is 13.8 Å². The molecule has 0 N–H and O–H groups in total. The molecule has 0 saturated carbocycles. The molecule has 0 aliphatic carbocycles. The maximum atomic E-state index is 12.5. The van der Waals surface area contributed by atoms with Crippen molar-refractivity contribution in [2.45, 2.75) is 18.7 Å². The molecule has 0 radical (unpaired) electrons. The molecule has 154 valence electrons. The molecule has 2 aromatic rings. The number of aryl methyl sites for hydroxylation is 2. The van der Waals surface area contributed by atoms with Crippen LogP contribution in [0.25, 0.3) is 6.08 Å². The Bertz CT molecular complexity index is 980. The van der Waals surface area contributed by atoms with Crippen molar-refractivity contribution in [3.63, 3.8) is 0 Å². The first-order chi connectivity index (χ1) is 13.8. The van der Waals surface area contributed by atoms with Crippen molar-refractivity contribution in [2.24, 2.45) is 0 Å². The largest absolute Gasteiger partial charge is 0.339 e. The zero-order chi connectivity index (χ0) is 20.9. The summed E-state index contributed by atoms with van der Waals surface area (Å²) in [4.78, 5) is 15.4. The second-order valence-corrected chi connectivity index (χ2v) is 9.93. The standard InChI is InChI=1S/C22H26N2O3S2/c1-18-8-9-21(19(2)16-18)28-17-22(25)23-11-13-24(14-12-23)29(26,27)15-10-20-6-4-3-5-7-20/h3-10,15-16H,11-14,17H2,1-2H3/b15-10+. The van der Waals surface area contributed by atoms with Crippen molar-refractivity contribution in [1.82, 2.24) is 9.21 Å². The summed E-state index contributed by atoms with van der Waals surface area (Å²) < 4.78 is 26.5. The van der Waals surface area contributed by atoms with E-state index in [4.69, 9.17) is 0 Å². The van der Waals surface area contributed by atoms with Crippen LogP contribution in [0.4, 0.5) is 0 Å². The van der Waals surface area contributed by atoms with E-state index in [1.54, 1.807) is 11.0 Å². The van der Waals surface area contributed by atoms with E-state index < -0.39 is 10.0 Å². The average Bonchev–Trinajstić information content (AvgIpc) is 2.72. The monoisotopic (exact) mass is 430 g/mol. The average molecular weight is 431 g/mol. The minimum atomic E-state index is -3.49. The second-order valence-electron chi connectivity index (χ2n) is 7.10. The van der Waals surface area contributed by atoms with Crippen LogP contribution in [0.1, 0.15) is 16.7 Å². The fourth-order valence-electron chi connectivity index (χ4n) is 3.20. The van der Waals surface area contributed by atoms with E-state index in [2.05, 4.69) is 13.0 Å². The van der Waals surface area contributed by atoms with Gasteiger partial charge in [-0.1, -0.05) is 48.0 Å². The highest BCUT2D eigenvalue weighted by atomic mass is 32.2. The zero-order valence-corrected chi connectivity index (χ0v) is 18.4. The quantitative estimate of drug-likeness (QED) is 0.658. The van der Waals surface area contributed by atoms with Crippen molar-refractivity contribution in [2.75, 3.05) is 31.9 Å². The first-order valence-electron chi connectivity index (χ1n) is 9.56. The van der Waals surface area contributed by atoms with Gasteiger partial charge >= 0.3 is 0 Å². The number of hydrogen-bond acceptors (Lipinski definition) is 4. The van der Waals surface area contributed by atoms with Crippen LogP contribution < -0.4 is 0 Å². The van der Waals surface area contributed by atoms with Crippen molar-refractivity contribution in [3.8, 4) is 0 Å². The molecule has 1 amide bonds. The number of thioether (sulfide) groups is 1. The summed E-state index contributed by atoms with van der Waals surface area (Å²) in [7, 11) is -3.49. The second kappa shape index (κ2) is 9.61. The number of sulfonamides is 1. The van der Waals surface area contributed by atoms with Gasteiger partial charge in [0, 0.05) is 36.5 Å².